The molecule has 0 aromatic heterocycles. The number of aliphatic carboxylic acids is 1. The normalized spacial score (nSPS) is 31.6. The molecule has 6 nitrogen and oxygen atoms in total. The second kappa shape index (κ2) is 5.56. The first-order valence-electron chi connectivity index (χ1n) is 6.44. The Morgan fingerprint density at radius 1 is 1.44 bits per heavy atom. The summed E-state index contributed by atoms with van der Waals surface area (Å²) in [6.45, 7) is 4.39. The molecule has 2 heterocycles. The molecule has 2 saturated heterocycles. The summed E-state index contributed by atoms with van der Waals surface area (Å²) in [4.78, 5) is 24.6. The molecule has 0 aliphatic carbocycles. The number of carboxylic acid groups (broad SMARTS) is 1. The van der Waals surface area contributed by atoms with E-state index >= 15 is 0 Å². The molecule has 2 rings (SSSR count). The van der Waals surface area contributed by atoms with Crippen molar-refractivity contribution in [3.63, 3.8) is 0 Å². The number of likely N-dealkylation sites (tertiary alicyclic amines) is 1. The average molecular weight is 256 g/mol. The van der Waals surface area contributed by atoms with Crippen LogP contribution in [0.25, 0.3) is 0 Å². The third kappa shape index (κ3) is 2.75. The molecule has 18 heavy (non-hydrogen) atoms. The van der Waals surface area contributed by atoms with Crippen molar-refractivity contribution in [2.45, 2.75) is 25.8 Å². The molecular formula is C12H20N2O4. The van der Waals surface area contributed by atoms with Gasteiger partial charge in [0.1, 0.15) is 6.04 Å². The van der Waals surface area contributed by atoms with Gasteiger partial charge in [-0.2, -0.15) is 0 Å². The Hall–Kier alpha value is -1.30. The standard InChI is InChI=1S/C12H20N2O4/c1-8-2-4-14(10(8)11(15)16)12(17)13-6-9-3-5-18-7-9/h8-10H,2-7H2,1H3,(H,13,17)(H,15,16). The van der Waals surface area contributed by atoms with Crippen molar-refractivity contribution in [1.82, 2.24) is 10.2 Å². The number of nitrogens with zero attached hydrogens (tertiary/aromatic N) is 1. The second-order valence-corrected chi connectivity index (χ2v) is 5.16. The highest BCUT2D eigenvalue weighted by Crippen LogP contribution is 2.24. The molecule has 6 heteroatoms. The summed E-state index contributed by atoms with van der Waals surface area (Å²) < 4.78 is 5.23. The molecule has 3 atom stereocenters. The molecule has 2 N–H and O–H groups in total. The highest BCUT2D eigenvalue weighted by Gasteiger charge is 2.39. The fourth-order valence-corrected chi connectivity index (χ4v) is 2.63. The zero-order chi connectivity index (χ0) is 13.1. The number of carboxylic acids is 1. The summed E-state index contributed by atoms with van der Waals surface area (Å²) in [6, 6.07) is -0.955. The lowest BCUT2D eigenvalue weighted by Gasteiger charge is -2.24. The van der Waals surface area contributed by atoms with Crippen LogP contribution in [0.1, 0.15) is 19.8 Å². The van der Waals surface area contributed by atoms with Crippen molar-refractivity contribution in [3.05, 3.63) is 0 Å². The predicted molar refractivity (Wildman–Crippen MR) is 64.2 cm³/mol. The first-order chi connectivity index (χ1) is 8.59. The van der Waals surface area contributed by atoms with Gasteiger partial charge in [0.25, 0.3) is 0 Å². The second-order valence-electron chi connectivity index (χ2n) is 5.16. The van der Waals surface area contributed by atoms with Crippen molar-refractivity contribution >= 4 is 12.0 Å². The van der Waals surface area contributed by atoms with Crippen LogP contribution in [0, 0.1) is 11.8 Å². The zero-order valence-corrected chi connectivity index (χ0v) is 10.6. The number of hydrogen-bond acceptors (Lipinski definition) is 3. The van der Waals surface area contributed by atoms with Gasteiger partial charge in [-0.1, -0.05) is 6.92 Å². The van der Waals surface area contributed by atoms with Crippen LogP contribution in [0.3, 0.4) is 0 Å². The smallest absolute Gasteiger partial charge is 0.326 e. The highest BCUT2D eigenvalue weighted by atomic mass is 16.5. The Morgan fingerprint density at radius 2 is 2.22 bits per heavy atom. The van der Waals surface area contributed by atoms with Gasteiger partial charge >= 0.3 is 12.0 Å². The summed E-state index contributed by atoms with van der Waals surface area (Å²) in [6.07, 6.45) is 1.70. The van der Waals surface area contributed by atoms with Gasteiger partial charge in [0.15, 0.2) is 0 Å². The van der Waals surface area contributed by atoms with Gasteiger partial charge in [-0.25, -0.2) is 9.59 Å². The van der Waals surface area contributed by atoms with Crippen LogP contribution in [0.5, 0.6) is 0 Å². The Morgan fingerprint density at radius 3 is 2.83 bits per heavy atom. The largest absolute Gasteiger partial charge is 0.480 e. The fraction of sp³-hybridized carbons (Fsp3) is 0.833. The summed E-state index contributed by atoms with van der Waals surface area (Å²) in [5, 5.41) is 12.0. The van der Waals surface area contributed by atoms with E-state index in [1.165, 1.54) is 4.90 Å². The summed E-state index contributed by atoms with van der Waals surface area (Å²) in [5.74, 6) is -0.542. The number of carbonyl (C=O) groups is 2. The van der Waals surface area contributed by atoms with E-state index in [-0.39, 0.29) is 11.9 Å². The fourth-order valence-electron chi connectivity index (χ4n) is 2.63. The Bertz CT molecular complexity index is 328. The molecule has 102 valence electrons. The number of nitrogens with one attached hydrogen (secondary N) is 1. The molecule has 2 aliphatic heterocycles. The van der Waals surface area contributed by atoms with Crippen molar-refractivity contribution < 1.29 is 19.4 Å². The topological polar surface area (TPSA) is 78.9 Å². The lowest BCUT2D eigenvalue weighted by molar-refractivity contribution is -0.142. The molecule has 3 unspecified atom stereocenters. The number of carbonyl (C=O) groups excluding carboxylic acids is 1. The van der Waals surface area contributed by atoms with Gasteiger partial charge in [-0.3, -0.25) is 0 Å². The minimum Gasteiger partial charge on any atom is -0.480 e. The maximum absolute atomic E-state index is 12.0. The molecule has 0 aromatic rings. The molecule has 2 fully saturated rings. The molecule has 0 spiro atoms. The Kier molecular flexibility index (Phi) is 4.06. The van der Waals surface area contributed by atoms with Crippen LogP contribution >= 0.6 is 0 Å². The third-order valence-corrected chi connectivity index (χ3v) is 3.78. The van der Waals surface area contributed by atoms with E-state index in [0.717, 1.165) is 19.4 Å². The van der Waals surface area contributed by atoms with Crippen molar-refractivity contribution in [2.24, 2.45) is 11.8 Å². The van der Waals surface area contributed by atoms with E-state index in [1.54, 1.807) is 0 Å². The predicted octanol–water partition coefficient (Wildman–Crippen LogP) is 0.527. The van der Waals surface area contributed by atoms with Crippen molar-refractivity contribution in [1.29, 1.82) is 0 Å². The number of rotatable bonds is 3. The molecule has 2 amide bonds. The Labute approximate surface area is 106 Å². The van der Waals surface area contributed by atoms with E-state index in [4.69, 9.17) is 9.84 Å². The summed E-state index contributed by atoms with van der Waals surface area (Å²) >= 11 is 0. The number of ether oxygens (including phenoxy) is 1. The maximum atomic E-state index is 12.0. The van der Waals surface area contributed by atoms with Crippen LogP contribution in [0.15, 0.2) is 0 Å². The summed E-state index contributed by atoms with van der Waals surface area (Å²) in [5.41, 5.74) is 0. The molecule has 0 aromatic carbocycles. The van der Waals surface area contributed by atoms with Crippen LogP contribution in [-0.2, 0) is 9.53 Å². The van der Waals surface area contributed by atoms with Gasteiger partial charge < -0.3 is 20.1 Å². The first-order valence-corrected chi connectivity index (χ1v) is 6.44. The maximum Gasteiger partial charge on any atom is 0.326 e. The highest BCUT2D eigenvalue weighted by molar-refractivity contribution is 5.83. The van der Waals surface area contributed by atoms with E-state index < -0.39 is 12.0 Å². The zero-order valence-electron chi connectivity index (χ0n) is 10.6. The van der Waals surface area contributed by atoms with E-state index in [9.17, 15) is 9.59 Å². The van der Waals surface area contributed by atoms with Gasteiger partial charge in [0.2, 0.25) is 0 Å². The van der Waals surface area contributed by atoms with E-state index in [2.05, 4.69) is 5.32 Å². The average Bonchev–Trinajstić information content (AvgIpc) is 2.94. The van der Waals surface area contributed by atoms with Crippen LogP contribution in [0.4, 0.5) is 4.79 Å². The van der Waals surface area contributed by atoms with Crippen LogP contribution in [0.2, 0.25) is 0 Å². The lowest BCUT2D eigenvalue weighted by Crippen LogP contribution is -2.48. The molecule has 2 aliphatic rings. The SMILES string of the molecule is CC1CCN(C(=O)NCC2CCOC2)C1C(=O)O. The van der Waals surface area contributed by atoms with E-state index in [0.29, 0.717) is 25.6 Å². The monoisotopic (exact) mass is 256 g/mol. The molecule has 0 radical (unpaired) electrons. The lowest BCUT2D eigenvalue weighted by atomic mass is 10.0. The first kappa shape index (κ1) is 13.1. The Balaban J connectivity index is 1.85. The summed E-state index contributed by atoms with van der Waals surface area (Å²) in [7, 11) is 0. The van der Waals surface area contributed by atoms with Crippen molar-refractivity contribution in [3.8, 4) is 0 Å². The molecular weight excluding hydrogens is 236 g/mol. The number of hydrogen-bond donors (Lipinski definition) is 2. The van der Waals surface area contributed by atoms with Gasteiger partial charge in [-0.15, -0.1) is 0 Å². The van der Waals surface area contributed by atoms with Crippen LogP contribution < -0.4 is 5.32 Å². The van der Waals surface area contributed by atoms with E-state index in [1.807, 2.05) is 6.92 Å². The van der Waals surface area contributed by atoms with Gasteiger partial charge in [-0.05, 0) is 18.8 Å². The van der Waals surface area contributed by atoms with Crippen molar-refractivity contribution in [2.75, 3.05) is 26.3 Å². The van der Waals surface area contributed by atoms with Crippen LogP contribution in [-0.4, -0.2) is 54.4 Å². The van der Waals surface area contributed by atoms with Gasteiger partial charge in [0, 0.05) is 25.6 Å². The minimum atomic E-state index is -0.917. The minimum absolute atomic E-state index is 0.0167. The molecule has 0 bridgehead atoms. The number of amides is 2. The quantitative estimate of drug-likeness (QED) is 0.772. The molecule has 0 saturated carbocycles. The number of urea groups is 1. The van der Waals surface area contributed by atoms with Gasteiger partial charge in [0.05, 0.1) is 6.61 Å². The third-order valence-electron chi connectivity index (χ3n) is 3.78.